The largest absolute Gasteiger partial charge is 0.444 e. The summed E-state index contributed by atoms with van der Waals surface area (Å²) < 4.78 is 85.2. The Morgan fingerprint density at radius 3 is 2.37 bits per heavy atom. The Bertz CT molecular complexity index is 1080. The van der Waals surface area contributed by atoms with Crippen LogP contribution < -0.4 is 5.32 Å². The third-order valence-electron chi connectivity index (χ3n) is 4.42. The minimum Gasteiger partial charge on any atom is -0.444 e. The van der Waals surface area contributed by atoms with Crippen LogP contribution in [-0.4, -0.2) is 10.9 Å². The maximum atomic E-state index is 14.2. The minimum atomic E-state index is -4.92. The van der Waals surface area contributed by atoms with Crippen LogP contribution in [-0.2, 0) is 6.18 Å². The maximum absolute atomic E-state index is 14.2. The van der Waals surface area contributed by atoms with E-state index in [-0.39, 0.29) is 16.8 Å². The van der Waals surface area contributed by atoms with Crippen LogP contribution >= 0.6 is 0 Å². The molecule has 1 heterocycles. The molecule has 1 aromatic heterocycles. The molecule has 3 rings (SSSR count). The Morgan fingerprint density at radius 1 is 1.13 bits per heavy atom. The van der Waals surface area contributed by atoms with Crippen molar-refractivity contribution in [1.29, 1.82) is 0 Å². The highest BCUT2D eigenvalue weighted by Crippen LogP contribution is 2.35. The van der Waals surface area contributed by atoms with Crippen LogP contribution in [0, 0.1) is 24.4 Å². The van der Waals surface area contributed by atoms with Gasteiger partial charge < -0.3 is 9.73 Å². The number of amides is 1. The number of hydrogen-bond donors (Lipinski definition) is 1. The van der Waals surface area contributed by atoms with Gasteiger partial charge in [-0.1, -0.05) is 6.07 Å². The lowest BCUT2D eigenvalue weighted by molar-refractivity contribution is -0.139. The van der Waals surface area contributed by atoms with Crippen molar-refractivity contribution >= 4 is 5.91 Å². The zero-order chi connectivity index (χ0) is 22.2. The minimum absolute atomic E-state index is 0.150. The number of carbonyl (C=O) groups excluding carboxylic acids is 1. The van der Waals surface area contributed by atoms with Gasteiger partial charge >= 0.3 is 6.18 Å². The first-order valence-electron chi connectivity index (χ1n) is 8.57. The predicted molar refractivity (Wildman–Crippen MR) is 93.9 cm³/mol. The third-order valence-corrected chi connectivity index (χ3v) is 4.42. The van der Waals surface area contributed by atoms with Crippen LogP contribution in [0.5, 0.6) is 0 Å². The van der Waals surface area contributed by atoms with Crippen molar-refractivity contribution in [3.63, 3.8) is 0 Å². The van der Waals surface area contributed by atoms with E-state index in [0.29, 0.717) is 6.07 Å². The van der Waals surface area contributed by atoms with Crippen LogP contribution in [0.2, 0.25) is 0 Å². The van der Waals surface area contributed by atoms with Crippen LogP contribution in [0.1, 0.15) is 40.1 Å². The zero-order valence-corrected chi connectivity index (χ0v) is 15.6. The molecule has 0 aliphatic carbocycles. The highest BCUT2D eigenvalue weighted by atomic mass is 19.4. The van der Waals surface area contributed by atoms with E-state index in [9.17, 15) is 31.1 Å². The van der Waals surface area contributed by atoms with Crippen molar-refractivity contribution in [3.05, 3.63) is 76.4 Å². The molecule has 2 aromatic carbocycles. The topological polar surface area (TPSA) is 55.1 Å². The standard InChI is InChI=1S/C20H14F6N2O2/c1-9-14(21)6-11(7-15(9)22)10(2)27-18(29)16-8-30-19(28-16)12-4-3-5-13(17(12)23)20(24,25)26/h3-8,10H,1-2H3,(H,27,29)/t10-/m1/s1. The van der Waals surface area contributed by atoms with Crippen LogP contribution in [0.3, 0.4) is 0 Å². The van der Waals surface area contributed by atoms with Gasteiger partial charge in [-0.15, -0.1) is 0 Å². The number of carbonyl (C=O) groups is 1. The molecule has 1 N–H and O–H groups in total. The van der Waals surface area contributed by atoms with Gasteiger partial charge in [-0.2, -0.15) is 13.2 Å². The van der Waals surface area contributed by atoms with Gasteiger partial charge in [0.25, 0.3) is 5.91 Å². The summed E-state index contributed by atoms with van der Waals surface area (Å²) in [5.41, 5.74) is -2.43. The highest BCUT2D eigenvalue weighted by molar-refractivity contribution is 5.92. The number of alkyl halides is 3. The fraction of sp³-hybridized carbons (Fsp3) is 0.200. The zero-order valence-electron chi connectivity index (χ0n) is 15.6. The number of hydrogen-bond acceptors (Lipinski definition) is 3. The molecule has 0 saturated heterocycles. The molecule has 0 aliphatic heterocycles. The van der Waals surface area contributed by atoms with Crippen molar-refractivity contribution < 1.29 is 35.6 Å². The average Bonchev–Trinajstić information content (AvgIpc) is 3.15. The Balaban J connectivity index is 1.82. The molecular formula is C20H14F6N2O2. The molecule has 10 heteroatoms. The summed E-state index contributed by atoms with van der Waals surface area (Å²) in [7, 11) is 0. The number of nitrogens with one attached hydrogen (secondary N) is 1. The molecule has 1 amide bonds. The van der Waals surface area contributed by atoms with Crippen molar-refractivity contribution in [1.82, 2.24) is 10.3 Å². The molecule has 0 aliphatic rings. The summed E-state index contributed by atoms with van der Waals surface area (Å²) in [5.74, 6) is -4.50. The molecule has 3 aromatic rings. The van der Waals surface area contributed by atoms with Crippen molar-refractivity contribution in [2.75, 3.05) is 0 Å². The summed E-state index contributed by atoms with van der Waals surface area (Å²) in [6.07, 6.45) is -4.08. The van der Waals surface area contributed by atoms with E-state index < -0.39 is 52.6 Å². The Hall–Kier alpha value is -3.30. The number of oxazole rings is 1. The quantitative estimate of drug-likeness (QED) is 0.553. The summed E-state index contributed by atoms with van der Waals surface area (Å²) in [6.45, 7) is 2.73. The van der Waals surface area contributed by atoms with Gasteiger partial charge in [0, 0.05) is 5.56 Å². The number of halogens is 6. The van der Waals surface area contributed by atoms with Gasteiger partial charge in [-0.05, 0) is 43.7 Å². The molecule has 158 valence electrons. The molecule has 0 radical (unpaired) electrons. The Kier molecular flexibility index (Phi) is 5.60. The molecule has 30 heavy (non-hydrogen) atoms. The van der Waals surface area contributed by atoms with E-state index in [1.54, 1.807) is 0 Å². The molecule has 0 bridgehead atoms. The number of benzene rings is 2. The van der Waals surface area contributed by atoms with Gasteiger partial charge in [-0.3, -0.25) is 4.79 Å². The molecular weight excluding hydrogens is 414 g/mol. The first kappa shape index (κ1) is 21.4. The van der Waals surface area contributed by atoms with E-state index in [1.165, 1.54) is 13.8 Å². The van der Waals surface area contributed by atoms with Crippen LogP contribution in [0.15, 0.2) is 41.0 Å². The molecule has 0 fully saturated rings. The highest BCUT2D eigenvalue weighted by Gasteiger charge is 2.35. The second-order valence-electron chi connectivity index (χ2n) is 6.51. The van der Waals surface area contributed by atoms with E-state index in [0.717, 1.165) is 30.5 Å². The fourth-order valence-corrected chi connectivity index (χ4v) is 2.69. The Labute approximate surface area is 166 Å². The van der Waals surface area contributed by atoms with E-state index >= 15 is 0 Å². The van der Waals surface area contributed by atoms with E-state index in [2.05, 4.69) is 10.3 Å². The summed E-state index contributed by atoms with van der Waals surface area (Å²) in [4.78, 5) is 16.1. The SMILES string of the molecule is Cc1c(F)cc([C@@H](C)NC(=O)c2coc(-c3cccc(C(F)(F)F)c3F)n2)cc1F. The molecule has 0 unspecified atom stereocenters. The van der Waals surface area contributed by atoms with Crippen molar-refractivity contribution in [2.45, 2.75) is 26.1 Å². The van der Waals surface area contributed by atoms with Gasteiger partial charge in [0.15, 0.2) is 5.69 Å². The fourth-order valence-electron chi connectivity index (χ4n) is 2.69. The first-order chi connectivity index (χ1) is 14.0. The monoisotopic (exact) mass is 428 g/mol. The molecule has 1 atom stereocenters. The number of aromatic nitrogens is 1. The first-order valence-corrected chi connectivity index (χ1v) is 8.57. The summed E-state index contributed by atoms with van der Waals surface area (Å²) >= 11 is 0. The van der Waals surface area contributed by atoms with E-state index in [4.69, 9.17) is 4.42 Å². The summed E-state index contributed by atoms with van der Waals surface area (Å²) in [6, 6.07) is 3.88. The predicted octanol–water partition coefficient (Wildman–Crippen LogP) is 5.58. The number of nitrogens with zero attached hydrogens (tertiary/aromatic N) is 1. The summed E-state index contributed by atoms with van der Waals surface area (Å²) in [5, 5.41) is 2.43. The van der Waals surface area contributed by atoms with Crippen LogP contribution in [0.4, 0.5) is 26.3 Å². The second kappa shape index (κ2) is 7.85. The molecule has 0 saturated carbocycles. The van der Waals surface area contributed by atoms with Gasteiger partial charge in [0.2, 0.25) is 5.89 Å². The lowest BCUT2D eigenvalue weighted by atomic mass is 10.1. The Morgan fingerprint density at radius 2 is 1.77 bits per heavy atom. The van der Waals surface area contributed by atoms with Crippen LogP contribution in [0.25, 0.3) is 11.5 Å². The van der Waals surface area contributed by atoms with Crippen molar-refractivity contribution in [2.24, 2.45) is 0 Å². The van der Waals surface area contributed by atoms with E-state index in [1.807, 2.05) is 0 Å². The normalized spacial score (nSPS) is 12.7. The third kappa shape index (κ3) is 4.17. The number of rotatable bonds is 4. The smallest absolute Gasteiger partial charge is 0.419 e. The lowest BCUT2D eigenvalue weighted by Gasteiger charge is -2.14. The maximum Gasteiger partial charge on any atom is 0.419 e. The lowest BCUT2D eigenvalue weighted by Crippen LogP contribution is -2.27. The second-order valence-corrected chi connectivity index (χ2v) is 6.51. The molecule has 0 spiro atoms. The van der Waals surface area contributed by atoms with Crippen molar-refractivity contribution in [3.8, 4) is 11.5 Å². The molecule has 4 nitrogen and oxygen atoms in total. The average molecular weight is 428 g/mol. The van der Waals surface area contributed by atoms with Gasteiger partial charge in [-0.25, -0.2) is 18.2 Å². The van der Waals surface area contributed by atoms with Gasteiger partial charge in [0.1, 0.15) is 23.7 Å². The van der Waals surface area contributed by atoms with Gasteiger partial charge in [0.05, 0.1) is 17.2 Å².